The Labute approximate surface area is 127 Å². The summed E-state index contributed by atoms with van der Waals surface area (Å²) in [6, 6.07) is 8.60. The lowest BCUT2D eigenvalue weighted by atomic mass is 9.79. The molecule has 0 bridgehead atoms. The molecule has 1 heterocycles. The van der Waals surface area contributed by atoms with Crippen LogP contribution < -0.4 is 5.46 Å². The molecule has 2 rings (SSSR count). The Morgan fingerprint density at radius 1 is 1.00 bits per heavy atom. The second-order valence-corrected chi connectivity index (χ2v) is 8.25. The molecular formula is C16H25BO2S. The van der Waals surface area contributed by atoms with E-state index in [4.69, 9.17) is 9.31 Å². The Kier molecular flexibility index (Phi) is 4.58. The highest BCUT2D eigenvalue weighted by molar-refractivity contribution is 7.99. The van der Waals surface area contributed by atoms with Gasteiger partial charge in [-0.25, -0.2) is 0 Å². The molecule has 20 heavy (non-hydrogen) atoms. The molecule has 0 saturated carbocycles. The molecule has 0 N–H and O–H groups in total. The number of rotatable bonds is 4. The van der Waals surface area contributed by atoms with Crippen molar-refractivity contribution in [3.8, 4) is 0 Å². The smallest absolute Gasteiger partial charge is 0.399 e. The lowest BCUT2D eigenvalue weighted by molar-refractivity contribution is 0.00578. The molecular weight excluding hydrogens is 267 g/mol. The van der Waals surface area contributed by atoms with Crippen molar-refractivity contribution >= 4 is 24.3 Å². The maximum absolute atomic E-state index is 6.06. The van der Waals surface area contributed by atoms with E-state index in [0.29, 0.717) is 5.25 Å². The fraction of sp³-hybridized carbons (Fsp3) is 0.625. The molecule has 1 aliphatic rings. The highest BCUT2D eigenvalue weighted by Gasteiger charge is 2.51. The summed E-state index contributed by atoms with van der Waals surface area (Å²) < 4.78 is 12.1. The fourth-order valence-electron chi connectivity index (χ4n) is 2.01. The summed E-state index contributed by atoms with van der Waals surface area (Å²) in [5, 5.41) is 0.665. The van der Waals surface area contributed by atoms with Gasteiger partial charge in [-0.15, -0.1) is 0 Å². The van der Waals surface area contributed by atoms with E-state index in [1.54, 1.807) is 0 Å². The molecule has 1 saturated heterocycles. The predicted octanol–water partition coefficient (Wildman–Crippen LogP) is 3.63. The molecule has 0 aliphatic carbocycles. The zero-order valence-electron chi connectivity index (χ0n) is 13.4. The third-order valence-corrected chi connectivity index (χ3v) is 5.26. The van der Waals surface area contributed by atoms with E-state index in [2.05, 4.69) is 65.8 Å². The van der Waals surface area contributed by atoms with Crippen LogP contribution in [-0.2, 0) is 15.1 Å². The van der Waals surface area contributed by atoms with Crippen LogP contribution in [0.25, 0.3) is 0 Å². The first-order chi connectivity index (χ1) is 9.21. The SMILES string of the molecule is CC(C)SCc1ccc(B2OC(C)(C)C(C)(C)O2)cc1. The first-order valence-corrected chi connectivity index (χ1v) is 8.32. The Morgan fingerprint density at radius 3 is 1.95 bits per heavy atom. The van der Waals surface area contributed by atoms with Gasteiger partial charge in [0.25, 0.3) is 0 Å². The van der Waals surface area contributed by atoms with E-state index in [-0.39, 0.29) is 18.3 Å². The summed E-state index contributed by atoms with van der Waals surface area (Å²) in [6.45, 7) is 12.8. The maximum atomic E-state index is 6.06. The van der Waals surface area contributed by atoms with Crippen LogP contribution in [0.4, 0.5) is 0 Å². The number of hydrogen-bond donors (Lipinski definition) is 0. The molecule has 0 atom stereocenters. The van der Waals surface area contributed by atoms with E-state index < -0.39 is 0 Å². The molecule has 0 aromatic heterocycles. The van der Waals surface area contributed by atoms with Crippen molar-refractivity contribution in [2.45, 2.75) is 63.7 Å². The summed E-state index contributed by atoms with van der Waals surface area (Å²) >= 11 is 1.96. The highest BCUT2D eigenvalue weighted by Crippen LogP contribution is 2.36. The lowest BCUT2D eigenvalue weighted by Gasteiger charge is -2.32. The average Bonchev–Trinajstić information content (AvgIpc) is 2.56. The minimum absolute atomic E-state index is 0.258. The molecule has 110 valence electrons. The third kappa shape index (κ3) is 3.41. The maximum Gasteiger partial charge on any atom is 0.494 e. The van der Waals surface area contributed by atoms with Crippen LogP contribution >= 0.6 is 11.8 Å². The molecule has 2 nitrogen and oxygen atoms in total. The van der Waals surface area contributed by atoms with Gasteiger partial charge in [-0.1, -0.05) is 38.1 Å². The van der Waals surface area contributed by atoms with Crippen molar-refractivity contribution in [3.63, 3.8) is 0 Å². The molecule has 0 unspecified atom stereocenters. The Balaban J connectivity index is 2.05. The zero-order chi connectivity index (χ0) is 15.0. The molecule has 1 fully saturated rings. The third-order valence-electron chi connectivity index (χ3n) is 4.09. The largest absolute Gasteiger partial charge is 0.494 e. The lowest BCUT2D eigenvalue weighted by Crippen LogP contribution is -2.41. The summed E-state index contributed by atoms with van der Waals surface area (Å²) in [7, 11) is -0.258. The van der Waals surface area contributed by atoms with Crippen molar-refractivity contribution in [3.05, 3.63) is 29.8 Å². The van der Waals surface area contributed by atoms with E-state index in [0.717, 1.165) is 11.2 Å². The van der Waals surface area contributed by atoms with Gasteiger partial charge in [0.05, 0.1) is 11.2 Å². The quantitative estimate of drug-likeness (QED) is 0.790. The molecule has 1 aromatic rings. The summed E-state index contributed by atoms with van der Waals surface area (Å²) in [5.41, 5.74) is 1.90. The van der Waals surface area contributed by atoms with Gasteiger partial charge in [-0.05, 0) is 44.0 Å². The van der Waals surface area contributed by atoms with Crippen LogP contribution in [0.2, 0.25) is 0 Å². The average molecular weight is 292 g/mol. The van der Waals surface area contributed by atoms with Crippen molar-refractivity contribution in [1.29, 1.82) is 0 Å². The van der Waals surface area contributed by atoms with Crippen molar-refractivity contribution in [2.75, 3.05) is 0 Å². The fourth-order valence-corrected chi connectivity index (χ4v) is 2.73. The van der Waals surface area contributed by atoms with Crippen LogP contribution in [0.5, 0.6) is 0 Å². The number of hydrogen-bond acceptors (Lipinski definition) is 3. The zero-order valence-corrected chi connectivity index (χ0v) is 14.2. The second-order valence-electron chi connectivity index (χ2n) is 6.69. The second kappa shape index (κ2) is 5.74. The van der Waals surface area contributed by atoms with Crippen molar-refractivity contribution < 1.29 is 9.31 Å². The highest BCUT2D eigenvalue weighted by atomic mass is 32.2. The van der Waals surface area contributed by atoms with E-state index >= 15 is 0 Å². The van der Waals surface area contributed by atoms with Gasteiger partial charge < -0.3 is 9.31 Å². The van der Waals surface area contributed by atoms with Gasteiger partial charge in [0.15, 0.2) is 0 Å². The summed E-state index contributed by atoms with van der Waals surface area (Å²) in [4.78, 5) is 0. The number of thioether (sulfide) groups is 1. The van der Waals surface area contributed by atoms with Crippen molar-refractivity contribution in [2.24, 2.45) is 0 Å². The van der Waals surface area contributed by atoms with E-state index in [1.165, 1.54) is 5.56 Å². The monoisotopic (exact) mass is 292 g/mol. The van der Waals surface area contributed by atoms with Gasteiger partial charge >= 0.3 is 7.12 Å². The standard InChI is InChI=1S/C16H25BO2S/c1-12(2)20-11-13-7-9-14(10-8-13)17-18-15(3,4)16(5,6)19-17/h7-10,12H,11H2,1-6H3. The first-order valence-electron chi connectivity index (χ1n) is 7.27. The molecule has 1 aromatic carbocycles. The summed E-state index contributed by atoms with van der Waals surface area (Å²) in [6.07, 6.45) is 0. The van der Waals surface area contributed by atoms with Crippen LogP contribution in [0.1, 0.15) is 47.1 Å². The van der Waals surface area contributed by atoms with Crippen molar-refractivity contribution in [1.82, 2.24) is 0 Å². The normalized spacial score (nSPS) is 20.6. The van der Waals surface area contributed by atoms with Gasteiger partial charge in [0.1, 0.15) is 0 Å². The first kappa shape index (κ1) is 15.9. The molecule has 1 aliphatic heterocycles. The Bertz CT molecular complexity index is 438. The summed E-state index contributed by atoms with van der Waals surface area (Å²) in [5.74, 6) is 1.06. The minimum Gasteiger partial charge on any atom is -0.399 e. The van der Waals surface area contributed by atoms with Gasteiger partial charge in [-0.3, -0.25) is 0 Å². The van der Waals surface area contributed by atoms with Crippen LogP contribution in [0, 0.1) is 0 Å². The number of benzene rings is 1. The molecule has 0 amide bonds. The Morgan fingerprint density at radius 2 is 1.50 bits per heavy atom. The minimum atomic E-state index is -0.274. The Hall–Kier alpha value is -0.445. The predicted molar refractivity (Wildman–Crippen MR) is 88.6 cm³/mol. The van der Waals surface area contributed by atoms with Gasteiger partial charge in [-0.2, -0.15) is 11.8 Å². The van der Waals surface area contributed by atoms with E-state index in [9.17, 15) is 0 Å². The molecule has 0 radical (unpaired) electrons. The topological polar surface area (TPSA) is 18.5 Å². The molecule has 4 heteroatoms. The molecule has 0 spiro atoms. The van der Waals surface area contributed by atoms with Gasteiger partial charge in [0, 0.05) is 5.75 Å². The van der Waals surface area contributed by atoms with E-state index in [1.807, 2.05) is 11.8 Å². The van der Waals surface area contributed by atoms with Crippen LogP contribution in [0.3, 0.4) is 0 Å². The van der Waals surface area contributed by atoms with Gasteiger partial charge in [0.2, 0.25) is 0 Å². The van der Waals surface area contributed by atoms with Crippen LogP contribution in [-0.4, -0.2) is 23.6 Å². The van der Waals surface area contributed by atoms with Crippen LogP contribution in [0.15, 0.2) is 24.3 Å².